The van der Waals surface area contributed by atoms with Gasteiger partial charge in [0.25, 0.3) is 0 Å². The molecule has 8 aromatic rings. The molecule has 4 nitrogen and oxygen atoms in total. The van der Waals surface area contributed by atoms with Gasteiger partial charge in [0, 0.05) is 25.6 Å². The Bertz CT molecular complexity index is 3280. The number of para-hydroxylation sites is 1. The van der Waals surface area contributed by atoms with Crippen LogP contribution in [0.4, 0.5) is 0 Å². The van der Waals surface area contributed by atoms with Gasteiger partial charge in [0.1, 0.15) is 11.6 Å². The molecule has 0 saturated carbocycles. The molecule has 1 N–H and O–H groups in total. The summed E-state index contributed by atoms with van der Waals surface area (Å²) in [5.41, 5.74) is 18.2. The molecule has 2 heterocycles. The molecule has 0 amide bonds. The van der Waals surface area contributed by atoms with Crippen molar-refractivity contribution in [2.45, 2.75) is 151 Å². The Kier molecular flexibility index (Phi) is 12.1. The SMILES string of the molecule is [2H]C(C)(C)c1cc(-c2ccc(-n3c(-c4cc(C(C)(C)C)cc(C(C)(C)C)c4O)nc4c(-c5cc(-c6cc(-c7ccc(C(C)(C)C)cc7)ccn6)cc(C(C)(C)C)c5)cccc43)c(C)c2)cc(C([2H])(C)C)c1. The average Bonchev–Trinajstić information content (AvgIpc) is 3.66. The minimum Gasteiger partial charge on any atom is -0.507 e. The molecule has 6 aromatic carbocycles. The number of rotatable bonds is 8. The Morgan fingerprint density at radius 1 is 0.507 bits per heavy atom. The molecule has 0 bridgehead atoms. The summed E-state index contributed by atoms with van der Waals surface area (Å²) in [6.07, 6.45) is 1.92. The first-order valence-corrected chi connectivity index (χ1v) is 24.7. The molecular formula is C65H75N3O. The van der Waals surface area contributed by atoms with E-state index in [-0.39, 0.29) is 27.4 Å². The van der Waals surface area contributed by atoms with E-state index in [1.165, 1.54) is 11.1 Å². The fourth-order valence-corrected chi connectivity index (χ4v) is 9.32. The van der Waals surface area contributed by atoms with Crippen molar-refractivity contribution in [3.05, 3.63) is 166 Å². The van der Waals surface area contributed by atoms with Gasteiger partial charge in [-0.15, -0.1) is 0 Å². The van der Waals surface area contributed by atoms with Crippen LogP contribution in [0.2, 0.25) is 0 Å². The highest BCUT2D eigenvalue weighted by molar-refractivity contribution is 5.97. The maximum absolute atomic E-state index is 12.5. The van der Waals surface area contributed by atoms with Crippen molar-refractivity contribution >= 4 is 11.0 Å². The zero-order valence-corrected chi connectivity index (χ0v) is 44.4. The van der Waals surface area contributed by atoms with Crippen LogP contribution in [0.5, 0.6) is 5.75 Å². The van der Waals surface area contributed by atoms with Gasteiger partial charge in [0.15, 0.2) is 0 Å². The first kappa shape index (κ1) is 46.5. The lowest BCUT2D eigenvalue weighted by Gasteiger charge is -2.27. The predicted molar refractivity (Wildman–Crippen MR) is 295 cm³/mol. The van der Waals surface area contributed by atoms with Crippen LogP contribution < -0.4 is 0 Å². The summed E-state index contributed by atoms with van der Waals surface area (Å²) in [7, 11) is 0. The molecule has 0 radical (unpaired) electrons. The van der Waals surface area contributed by atoms with Gasteiger partial charge >= 0.3 is 0 Å². The van der Waals surface area contributed by atoms with Gasteiger partial charge in [0.05, 0.1) is 28.0 Å². The maximum Gasteiger partial charge on any atom is 0.149 e. The smallest absolute Gasteiger partial charge is 0.149 e. The topological polar surface area (TPSA) is 50.9 Å². The molecular weight excluding hydrogens is 839 g/mol. The number of aromatic hydroxyl groups is 1. The van der Waals surface area contributed by atoms with Crippen LogP contribution in [0, 0.1) is 6.92 Å². The van der Waals surface area contributed by atoms with Crippen LogP contribution in [0.15, 0.2) is 128 Å². The fraction of sp³-hybridized carbons (Fsp3) is 0.354. The summed E-state index contributed by atoms with van der Waals surface area (Å²) in [5.74, 6) is -0.785. The predicted octanol–water partition coefficient (Wildman–Crippen LogP) is 18.2. The Hall–Kier alpha value is -6.26. The fourth-order valence-electron chi connectivity index (χ4n) is 9.32. The monoisotopic (exact) mass is 916 g/mol. The summed E-state index contributed by atoms with van der Waals surface area (Å²) < 4.78 is 20.1. The van der Waals surface area contributed by atoms with Gasteiger partial charge in [-0.2, -0.15) is 0 Å². The molecule has 0 unspecified atom stereocenters. The lowest BCUT2D eigenvalue weighted by Crippen LogP contribution is -2.17. The second-order valence-electron chi connectivity index (χ2n) is 24.0. The molecule has 8 rings (SSSR count). The summed E-state index contributed by atoms with van der Waals surface area (Å²) in [5, 5.41) is 12.5. The lowest BCUT2D eigenvalue weighted by atomic mass is 9.79. The Morgan fingerprint density at radius 2 is 1.09 bits per heavy atom. The summed E-state index contributed by atoms with van der Waals surface area (Å²) in [6, 6.07) is 43.5. The second kappa shape index (κ2) is 17.9. The van der Waals surface area contributed by atoms with Gasteiger partial charge in [-0.1, -0.05) is 184 Å². The van der Waals surface area contributed by atoms with Crippen LogP contribution in [-0.4, -0.2) is 19.6 Å². The Labute approximate surface area is 416 Å². The number of hydrogen-bond donors (Lipinski definition) is 1. The molecule has 4 heteroatoms. The van der Waals surface area contributed by atoms with Crippen LogP contribution in [-0.2, 0) is 21.7 Å². The van der Waals surface area contributed by atoms with Crippen molar-refractivity contribution in [1.29, 1.82) is 0 Å². The van der Waals surface area contributed by atoms with Crippen LogP contribution >= 0.6 is 0 Å². The zero-order valence-electron chi connectivity index (χ0n) is 46.4. The van der Waals surface area contributed by atoms with E-state index in [0.29, 0.717) is 11.4 Å². The molecule has 2 aromatic heterocycles. The molecule has 0 aliphatic rings. The van der Waals surface area contributed by atoms with Crippen molar-refractivity contribution in [2.24, 2.45) is 0 Å². The molecule has 0 aliphatic carbocycles. The van der Waals surface area contributed by atoms with Crippen molar-refractivity contribution in [3.63, 3.8) is 0 Å². The van der Waals surface area contributed by atoms with E-state index in [9.17, 15) is 5.11 Å². The largest absolute Gasteiger partial charge is 0.507 e. The average molecular weight is 916 g/mol. The number of benzene rings is 6. The van der Waals surface area contributed by atoms with Gasteiger partial charge < -0.3 is 5.11 Å². The molecule has 0 fully saturated rings. The standard InChI is InChI=1S/C65H75N3O/c1-39(2)45-30-46(40(3)4)32-47(31-45)43-23-26-57(41(5)29-43)68-58-20-18-19-53(59(58)67-61(68)54-37-52(64(12,13)14)38-55(60(54)69)65(15,16)17)48-33-49(35-51(34-48)63(9,10)11)56-36-44(27-28-66-56)42-21-24-50(25-22-42)62(6,7)8/h18-40,69H,1-17H3/i39D,40D. The van der Waals surface area contributed by atoms with E-state index in [4.69, 9.17) is 12.7 Å². The highest BCUT2D eigenvalue weighted by Gasteiger charge is 2.29. The minimum atomic E-state index is -0.838. The lowest BCUT2D eigenvalue weighted by molar-refractivity contribution is 0.446. The highest BCUT2D eigenvalue weighted by Crippen LogP contribution is 2.46. The highest BCUT2D eigenvalue weighted by atomic mass is 16.3. The van der Waals surface area contributed by atoms with Crippen molar-refractivity contribution in [3.8, 4) is 67.5 Å². The minimum absolute atomic E-state index is 0.0697. The molecule has 0 aliphatic heterocycles. The number of phenolic OH excluding ortho intramolecular Hbond substituents is 1. The summed E-state index contributed by atoms with van der Waals surface area (Å²) in [4.78, 5) is 10.6. The third-order valence-electron chi connectivity index (χ3n) is 13.8. The molecule has 0 saturated heterocycles. The number of imidazole rings is 1. The first-order valence-electron chi connectivity index (χ1n) is 25.7. The maximum atomic E-state index is 12.5. The normalized spacial score (nSPS) is 13.5. The quantitative estimate of drug-likeness (QED) is 0.165. The Morgan fingerprint density at radius 3 is 1.67 bits per heavy atom. The van der Waals surface area contributed by atoms with Crippen molar-refractivity contribution in [1.82, 2.24) is 14.5 Å². The van der Waals surface area contributed by atoms with E-state index >= 15 is 0 Å². The van der Waals surface area contributed by atoms with E-state index in [2.05, 4.69) is 210 Å². The molecule has 0 atom stereocenters. The van der Waals surface area contributed by atoms with Crippen LogP contribution in [0.3, 0.4) is 0 Å². The van der Waals surface area contributed by atoms with Crippen molar-refractivity contribution in [2.75, 3.05) is 0 Å². The van der Waals surface area contributed by atoms with Gasteiger partial charge in [-0.05, 0) is 150 Å². The van der Waals surface area contributed by atoms with E-state index < -0.39 is 11.8 Å². The van der Waals surface area contributed by atoms with Crippen LogP contribution in [0.25, 0.3) is 72.7 Å². The number of aryl methyl sites for hydroxylation is 1. The number of aromatic nitrogens is 3. The van der Waals surface area contributed by atoms with Crippen LogP contribution in [0.1, 0.15) is 164 Å². The van der Waals surface area contributed by atoms with Gasteiger partial charge in [-0.3, -0.25) is 9.55 Å². The first-order chi connectivity index (χ1) is 32.8. The molecule has 356 valence electrons. The van der Waals surface area contributed by atoms with Crippen molar-refractivity contribution < 1.29 is 7.85 Å². The number of nitrogens with zero attached hydrogens (tertiary/aromatic N) is 3. The van der Waals surface area contributed by atoms with E-state index in [1.807, 2.05) is 40.0 Å². The third kappa shape index (κ3) is 9.96. The van der Waals surface area contributed by atoms with E-state index in [0.717, 1.165) is 89.2 Å². The Balaban J connectivity index is 1.38. The van der Waals surface area contributed by atoms with E-state index in [1.54, 1.807) is 0 Å². The summed E-state index contributed by atoms with van der Waals surface area (Å²) >= 11 is 0. The summed E-state index contributed by atoms with van der Waals surface area (Å²) in [6.45, 7) is 36.4. The van der Waals surface area contributed by atoms with Gasteiger partial charge in [-0.25, -0.2) is 4.98 Å². The number of fused-ring (bicyclic) bond motifs is 1. The van der Waals surface area contributed by atoms with Gasteiger partial charge in [0.2, 0.25) is 0 Å². The number of phenols is 1. The zero-order chi connectivity index (χ0) is 52.0. The molecule has 0 spiro atoms. The number of hydrogen-bond acceptors (Lipinski definition) is 3. The number of pyridine rings is 1. The third-order valence-corrected chi connectivity index (χ3v) is 13.8. The second-order valence-corrected chi connectivity index (χ2v) is 24.0. The molecule has 69 heavy (non-hydrogen) atoms.